The second-order valence-electron chi connectivity index (χ2n) is 5.45. The van der Waals surface area contributed by atoms with Gasteiger partial charge in [-0.3, -0.25) is 0 Å². The largest absolute Gasteiger partial charge is 0.318 e. The summed E-state index contributed by atoms with van der Waals surface area (Å²) in [7, 11) is -4.94. The van der Waals surface area contributed by atoms with Crippen molar-refractivity contribution in [2.45, 2.75) is 13.8 Å². The molecule has 2 nitrogen and oxygen atoms in total. The third-order valence-electron chi connectivity index (χ3n) is 3.80. The van der Waals surface area contributed by atoms with Crippen LogP contribution in [0.25, 0.3) is 0 Å². The van der Waals surface area contributed by atoms with E-state index in [9.17, 15) is 9.13 Å². The second kappa shape index (κ2) is 4.51. The normalized spacial score (nSPS) is 35.2. The summed E-state index contributed by atoms with van der Waals surface area (Å²) in [5.41, 5.74) is 2.29. The highest BCUT2D eigenvalue weighted by Gasteiger charge is 2.38. The SMILES string of the molecule is C=C(C(=C)P1(=O)CC=C(C)C1)P1(=O)CC=C(C)C1. The van der Waals surface area contributed by atoms with E-state index < -0.39 is 14.3 Å². The minimum absolute atomic E-state index is 0.559. The molecule has 0 radical (unpaired) electrons. The first kappa shape index (κ1) is 13.8. The van der Waals surface area contributed by atoms with Crippen LogP contribution in [0, 0.1) is 0 Å². The van der Waals surface area contributed by atoms with E-state index in [4.69, 9.17) is 0 Å². The highest BCUT2D eigenvalue weighted by Crippen LogP contribution is 2.69. The van der Waals surface area contributed by atoms with Gasteiger partial charge >= 0.3 is 0 Å². The van der Waals surface area contributed by atoms with E-state index >= 15 is 0 Å². The van der Waals surface area contributed by atoms with E-state index in [2.05, 4.69) is 13.2 Å². The highest BCUT2D eigenvalue weighted by atomic mass is 31.2. The van der Waals surface area contributed by atoms with Crippen LogP contribution in [0.4, 0.5) is 0 Å². The van der Waals surface area contributed by atoms with E-state index in [1.165, 1.54) is 0 Å². The summed E-state index contributed by atoms with van der Waals surface area (Å²) in [6.07, 6.45) is 6.29. The van der Waals surface area contributed by atoms with Crippen molar-refractivity contribution in [1.29, 1.82) is 0 Å². The van der Waals surface area contributed by atoms with Crippen LogP contribution in [-0.4, -0.2) is 24.6 Å². The maximum absolute atomic E-state index is 12.8. The Labute approximate surface area is 109 Å². The zero-order valence-electron chi connectivity index (χ0n) is 11.1. The summed E-state index contributed by atoms with van der Waals surface area (Å²) in [5.74, 6) is 0. The van der Waals surface area contributed by atoms with Crippen molar-refractivity contribution in [3.05, 3.63) is 47.1 Å². The monoisotopic (exact) mass is 282 g/mol. The molecule has 2 heterocycles. The van der Waals surface area contributed by atoms with Crippen molar-refractivity contribution in [2.24, 2.45) is 0 Å². The van der Waals surface area contributed by atoms with Crippen LogP contribution in [0.3, 0.4) is 0 Å². The first-order valence-corrected chi connectivity index (χ1v) is 10.3. The average Bonchev–Trinajstić information content (AvgIpc) is 2.82. The van der Waals surface area contributed by atoms with Gasteiger partial charge in [-0.05, 0) is 13.8 Å². The van der Waals surface area contributed by atoms with E-state index in [1.54, 1.807) is 0 Å². The molecule has 0 saturated heterocycles. The van der Waals surface area contributed by atoms with Gasteiger partial charge in [0.25, 0.3) is 0 Å². The third kappa shape index (κ3) is 2.29. The Morgan fingerprint density at radius 2 is 1.28 bits per heavy atom. The average molecular weight is 282 g/mol. The first-order chi connectivity index (χ1) is 8.27. The minimum atomic E-state index is -2.47. The first-order valence-electron chi connectivity index (χ1n) is 6.14. The van der Waals surface area contributed by atoms with Gasteiger partial charge in [-0.1, -0.05) is 36.5 Å². The summed E-state index contributed by atoms with van der Waals surface area (Å²) in [6, 6.07) is 0. The lowest BCUT2D eigenvalue weighted by atomic mass is 10.3. The Morgan fingerprint density at radius 3 is 1.50 bits per heavy atom. The Bertz CT molecular complexity index is 527. The fourth-order valence-electron chi connectivity index (χ4n) is 2.55. The van der Waals surface area contributed by atoms with E-state index in [0.717, 1.165) is 11.1 Å². The minimum Gasteiger partial charge on any atom is -0.318 e. The highest BCUT2D eigenvalue weighted by molar-refractivity contribution is 7.74. The molecule has 0 aliphatic carbocycles. The zero-order valence-corrected chi connectivity index (χ0v) is 12.9. The van der Waals surface area contributed by atoms with Gasteiger partial charge in [0.15, 0.2) is 0 Å². The summed E-state index contributed by atoms with van der Waals surface area (Å²) < 4.78 is 25.6. The fraction of sp³-hybridized carbons (Fsp3) is 0.429. The molecular formula is C14H20O2P2. The van der Waals surface area contributed by atoms with Crippen molar-refractivity contribution in [3.8, 4) is 0 Å². The molecule has 2 unspecified atom stereocenters. The number of allylic oxidation sites excluding steroid dienone is 6. The summed E-state index contributed by atoms with van der Waals surface area (Å²) in [5, 5.41) is 1.14. The molecule has 0 aromatic heterocycles. The molecule has 0 amide bonds. The van der Waals surface area contributed by atoms with Crippen molar-refractivity contribution < 1.29 is 9.13 Å². The fourth-order valence-corrected chi connectivity index (χ4v) is 8.75. The Hall–Kier alpha value is -0.580. The topological polar surface area (TPSA) is 34.1 Å². The van der Waals surface area contributed by atoms with E-state index in [-0.39, 0.29) is 0 Å². The molecule has 2 rings (SSSR count). The van der Waals surface area contributed by atoms with E-state index in [0.29, 0.717) is 35.3 Å². The third-order valence-corrected chi connectivity index (χ3v) is 10.0. The molecule has 98 valence electrons. The van der Waals surface area contributed by atoms with Crippen LogP contribution < -0.4 is 0 Å². The molecule has 18 heavy (non-hydrogen) atoms. The molecule has 4 heteroatoms. The number of hydrogen-bond donors (Lipinski definition) is 0. The summed E-state index contributed by atoms with van der Waals surface area (Å²) in [4.78, 5) is 0. The zero-order chi connectivity index (χ0) is 13.6. The molecule has 0 saturated carbocycles. The van der Waals surface area contributed by atoms with Crippen LogP contribution in [-0.2, 0) is 9.13 Å². The molecule has 2 atom stereocenters. The van der Waals surface area contributed by atoms with Gasteiger partial charge in [0.2, 0.25) is 0 Å². The molecule has 0 aromatic carbocycles. The Morgan fingerprint density at radius 1 is 0.944 bits per heavy atom. The number of rotatable bonds is 3. The molecule has 2 aliphatic heterocycles. The predicted molar refractivity (Wildman–Crippen MR) is 80.5 cm³/mol. The smallest absolute Gasteiger partial charge is 0.123 e. The molecular weight excluding hydrogens is 262 g/mol. The van der Waals surface area contributed by atoms with Crippen molar-refractivity contribution in [3.63, 3.8) is 0 Å². The molecule has 0 aromatic rings. The second-order valence-corrected chi connectivity index (χ2v) is 11.5. The van der Waals surface area contributed by atoms with Gasteiger partial charge in [0.1, 0.15) is 14.3 Å². The molecule has 0 fully saturated rings. The van der Waals surface area contributed by atoms with Crippen LogP contribution in [0.1, 0.15) is 13.8 Å². The van der Waals surface area contributed by atoms with Crippen molar-refractivity contribution >= 4 is 14.3 Å². The van der Waals surface area contributed by atoms with Gasteiger partial charge in [-0.2, -0.15) is 0 Å². The van der Waals surface area contributed by atoms with Crippen molar-refractivity contribution in [2.75, 3.05) is 24.6 Å². The van der Waals surface area contributed by atoms with E-state index in [1.807, 2.05) is 26.0 Å². The maximum atomic E-state index is 12.8. The summed E-state index contributed by atoms with van der Waals surface area (Å²) >= 11 is 0. The van der Waals surface area contributed by atoms with Gasteiger partial charge < -0.3 is 9.13 Å². The number of hydrogen-bond acceptors (Lipinski definition) is 2. The van der Waals surface area contributed by atoms with Gasteiger partial charge in [-0.15, -0.1) is 0 Å². The predicted octanol–water partition coefficient (Wildman–Crippen LogP) is 4.66. The van der Waals surface area contributed by atoms with Crippen molar-refractivity contribution in [1.82, 2.24) is 0 Å². The maximum Gasteiger partial charge on any atom is 0.123 e. The Kier molecular flexibility index (Phi) is 3.47. The van der Waals surface area contributed by atoms with Crippen LogP contribution in [0.5, 0.6) is 0 Å². The van der Waals surface area contributed by atoms with Gasteiger partial charge in [0.05, 0.1) is 0 Å². The summed E-state index contributed by atoms with van der Waals surface area (Å²) in [6.45, 7) is 11.9. The standard InChI is InChI=1S/C14H20O2P2/c1-11-5-7-17(15,9-11)13(3)14(4)18(16)8-6-12(2)10-18/h5-6H,3-4,7-10H2,1-2H3. The van der Waals surface area contributed by atoms with Gasteiger partial charge in [-0.25, -0.2) is 0 Å². The van der Waals surface area contributed by atoms with Gasteiger partial charge in [0, 0.05) is 35.3 Å². The lowest BCUT2D eigenvalue weighted by Gasteiger charge is -2.22. The molecule has 2 aliphatic rings. The lowest BCUT2D eigenvalue weighted by Crippen LogP contribution is -1.98. The molecule has 0 spiro atoms. The molecule has 0 bridgehead atoms. The Balaban J connectivity index is 2.19. The van der Waals surface area contributed by atoms with Crippen LogP contribution >= 0.6 is 14.3 Å². The van der Waals surface area contributed by atoms with Crippen LogP contribution in [0.2, 0.25) is 0 Å². The quantitative estimate of drug-likeness (QED) is 0.428. The van der Waals surface area contributed by atoms with Crippen LogP contribution in [0.15, 0.2) is 47.1 Å². The lowest BCUT2D eigenvalue weighted by molar-refractivity contribution is 0.580. The molecule has 0 N–H and O–H groups in total.